The van der Waals surface area contributed by atoms with E-state index in [1.165, 1.54) is 0 Å². The molecule has 0 amide bonds. The van der Waals surface area contributed by atoms with E-state index < -0.39 is 0 Å². The molecule has 0 radical (unpaired) electrons. The smallest absolute Gasteiger partial charge is 0.365 e. The van der Waals surface area contributed by atoms with Crippen molar-refractivity contribution >= 4 is 28.6 Å². The van der Waals surface area contributed by atoms with Crippen LogP contribution in [0.15, 0.2) is 53.5 Å². The Labute approximate surface area is 134 Å². The molecule has 0 saturated carbocycles. The second-order valence-corrected chi connectivity index (χ2v) is 5.86. The number of H-pyrrole nitrogens is 1. The number of imidazole rings is 1. The van der Waals surface area contributed by atoms with Crippen LogP contribution in [0.1, 0.15) is 11.7 Å². The highest BCUT2D eigenvalue weighted by atomic mass is 15.4. The molecule has 0 unspecified atom stereocenters. The Morgan fingerprint density at radius 2 is 1.83 bits per heavy atom. The Balaban J connectivity index is 1.86. The van der Waals surface area contributed by atoms with Gasteiger partial charge in [-0.25, -0.2) is 14.9 Å². The van der Waals surface area contributed by atoms with Gasteiger partial charge in [-0.3, -0.25) is 0 Å². The molecule has 6 heteroatoms. The van der Waals surface area contributed by atoms with Crippen molar-refractivity contribution in [1.82, 2.24) is 4.98 Å². The van der Waals surface area contributed by atoms with Crippen molar-refractivity contribution in [3.8, 4) is 0 Å². The summed E-state index contributed by atoms with van der Waals surface area (Å²) in [7, 11) is 4.06. The number of nitrogens with two attached hydrogens (primary N) is 1. The maximum absolute atomic E-state index is 5.97. The van der Waals surface area contributed by atoms with Gasteiger partial charge >= 0.3 is 5.95 Å². The van der Waals surface area contributed by atoms with Gasteiger partial charge in [-0.2, -0.15) is 4.99 Å². The summed E-state index contributed by atoms with van der Waals surface area (Å²) in [5.41, 5.74) is 10.4. The van der Waals surface area contributed by atoms with E-state index in [2.05, 4.69) is 55.1 Å². The number of hydrogen-bond acceptors (Lipinski definition) is 4. The lowest BCUT2D eigenvalue weighted by Gasteiger charge is -2.19. The zero-order valence-electron chi connectivity index (χ0n) is 13.1. The van der Waals surface area contributed by atoms with E-state index in [0.29, 0.717) is 5.96 Å². The van der Waals surface area contributed by atoms with E-state index in [4.69, 9.17) is 5.73 Å². The van der Waals surface area contributed by atoms with Gasteiger partial charge in [0.1, 0.15) is 11.0 Å². The number of anilines is 2. The molecule has 0 fully saturated rings. The van der Waals surface area contributed by atoms with Crippen molar-refractivity contribution in [2.75, 3.05) is 24.3 Å². The van der Waals surface area contributed by atoms with Crippen LogP contribution in [0, 0.1) is 0 Å². The zero-order valence-corrected chi connectivity index (χ0v) is 13.1. The maximum atomic E-state index is 5.97. The zero-order chi connectivity index (χ0) is 16.0. The average molecular weight is 307 g/mol. The fraction of sp³-hybridized carbons (Fsp3) is 0.176. The van der Waals surface area contributed by atoms with Gasteiger partial charge < -0.3 is 10.6 Å². The second-order valence-electron chi connectivity index (χ2n) is 5.86. The van der Waals surface area contributed by atoms with Crippen LogP contribution in [-0.4, -0.2) is 25.0 Å². The van der Waals surface area contributed by atoms with Gasteiger partial charge in [0.2, 0.25) is 6.17 Å². The quantitative estimate of drug-likeness (QED) is 0.632. The van der Waals surface area contributed by atoms with Crippen LogP contribution in [0.25, 0.3) is 11.0 Å². The molecule has 2 heterocycles. The van der Waals surface area contributed by atoms with Crippen LogP contribution in [-0.2, 0) is 0 Å². The summed E-state index contributed by atoms with van der Waals surface area (Å²) in [6.07, 6.45) is -0.182. The SMILES string of the molecule is CN(C)c1ccc([C@@H]2N=C(N)Nc3[nH]c4ccccc4[n+]32)cc1. The molecule has 0 saturated heterocycles. The minimum Gasteiger partial charge on any atom is -0.378 e. The maximum Gasteiger partial charge on any atom is 0.365 e. The molecule has 6 nitrogen and oxygen atoms in total. The highest BCUT2D eigenvalue weighted by Crippen LogP contribution is 2.25. The van der Waals surface area contributed by atoms with Crippen molar-refractivity contribution in [1.29, 1.82) is 0 Å². The number of para-hydroxylation sites is 2. The first-order chi connectivity index (χ1) is 11.1. The Hall–Kier alpha value is -3.02. The summed E-state index contributed by atoms with van der Waals surface area (Å²) in [4.78, 5) is 10.0. The molecule has 3 aromatic rings. The predicted octanol–water partition coefficient (Wildman–Crippen LogP) is 1.81. The van der Waals surface area contributed by atoms with Gasteiger partial charge in [0.15, 0.2) is 0 Å². The average Bonchev–Trinajstić information content (AvgIpc) is 2.92. The molecular weight excluding hydrogens is 288 g/mol. The number of aliphatic imine (C=N–C) groups is 1. The van der Waals surface area contributed by atoms with Crippen molar-refractivity contribution in [3.05, 3.63) is 54.1 Å². The standard InChI is InChI=1S/C17H18N6/c1-22(2)12-9-7-11(8-10-12)15-20-16(18)21-17-19-13-5-3-4-6-14(13)23(15)17/h3-10,15H,1-2H3,(H3,18,19,20,21)/p+1/t15-/m1/s1. The number of rotatable bonds is 2. The fourth-order valence-corrected chi connectivity index (χ4v) is 2.95. The van der Waals surface area contributed by atoms with Crippen LogP contribution in [0.3, 0.4) is 0 Å². The molecule has 1 aliphatic rings. The van der Waals surface area contributed by atoms with Crippen LogP contribution < -0.4 is 20.5 Å². The van der Waals surface area contributed by atoms with Crippen molar-refractivity contribution < 1.29 is 4.57 Å². The molecule has 1 atom stereocenters. The normalized spacial score (nSPS) is 16.6. The molecular formula is C17H19N6+. The number of aromatic amines is 1. The molecule has 0 spiro atoms. The summed E-state index contributed by atoms with van der Waals surface area (Å²) in [6.45, 7) is 0. The number of benzene rings is 2. The highest BCUT2D eigenvalue weighted by Gasteiger charge is 2.30. The molecule has 1 aliphatic heterocycles. The largest absolute Gasteiger partial charge is 0.378 e. The first kappa shape index (κ1) is 13.6. The van der Waals surface area contributed by atoms with Gasteiger partial charge in [0.25, 0.3) is 5.96 Å². The number of guanidine groups is 1. The van der Waals surface area contributed by atoms with E-state index in [1.54, 1.807) is 0 Å². The third-order valence-corrected chi connectivity index (χ3v) is 4.12. The van der Waals surface area contributed by atoms with Crippen molar-refractivity contribution in [2.24, 2.45) is 10.7 Å². The van der Waals surface area contributed by atoms with Crippen LogP contribution in [0.4, 0.5) is 11.6 Å². The number of nitrogens with one attached hydrogen (secondary N) is 2. The first-order valence-electron chi connectivity index (χ1n) is 7.53. The lowest BCUT2D eigenvalue weighted by molar-refractivity contribution is -0.674. The highest BCUT2D eigenvalue weighted by molar-refractivity contribution is 5.92. The predicted molar refractivity (Wildman–Crippen MR) is 92.6 cm³/mol. The van der Waals surface area contributed by atoms with Gasteiger partial charge in [0, 0.05) is 25.3 Å². The monoisotopic (exact) mass is 307 g/mol. The summed E-state index contributed by atoms with van der Waals surface area (Å²) in [5, 5.41) is 3.11. The molecule has 0 aliphatic carbocycles. The first-order valence-corrected chi connectivity index (χ1v) is 7.53. The molecule has 4 N–H and O–H groups in total. The third kappa shape index (κ3) is 2.19. The van der Waals surface area contributed by atoms with Crippen molar-refractivity contribution in [3.63, 3.8) is 0 Å². The number of nitrogens with zero attached hydrogens (tertiary/aromatic N) is 3. The van der Waals surface area contributed by atoms with Crippen LogP contribution in [0.5, 0.6) is 0 Å². The Bertz CT molecular complexity index is 891. The van der Waals surface area contributed by atoms with E-state index in [0.717, 1.165) is 28.2 Å². The Kier molecular flexibility index (Phi) is 2.97. The minimum absolute atomic E-state index is 0.182. The number of fused-ring (bicyclic) bond motifs is 3. The summed E-state index contributed by atoms with van der Waals surface area (Å²) < 4.78 is 2.14. The lowest BCUT2D eigenvalue weighted by Crippen LogP contribution is -2.48. The van der Waals surface area contributed by atoms with E-state index in [9.17, 15) is 0 Å². The van der Waals surface area contributed by atoms with Gasteiger partial charge in [-0.05, 0) is 24.3 Å². The molecule has 116 valence electrons. The summed E-state index contributed by atoms with van der Waals surface area (Å²) >= 11 is 0. The minimum atomic E-state index is -0.182. The lowest BCUT2D eigenvalue weighted by atomic mass is 10.1. The van der Waals surface area contributed by atoms with Crippen LogP contribution >= 0.6 is 0 Å². The fourth-order valence-electron chi connectivity index (χ4n) is 2.95. The molecule has 2 aromatic carbocycles. The van der Waals surface area contributed by atoms with E-state index in [1.807, 2.05) is 32.3 Å². The summed E-state index contributed by atoms with van der Waals surface area (Å²) in [6, 6.07) is 16.5. The van der Waals surface area contributed by atoms with Gasteiger partial charge in [-0.1, -0.05) is 24.3 Å². The Morgan fingerprint density at radius 3 is 2.57 bits per heavy atom. The van der Waals surface area contributed by atoms with E-state index in [-0.39, 0.29) is 6.17 Å². The molecule has 4 rings (SSSR count). The topological polar surface area (TPSA) is 73.3 Å². The number of aromatic nitrogens is 2. The number of hydrogen-bond donors (Lipinski definition) is 3. The molecule has 0 bridgehead atoms. The van der Waals surface area contributed by atoms with E-state index >= 15 is 0 Å². The van der Waals surface area contributed by atoms with Gasteiger partial charge in [0.05, 0.1) is 0 Å². The van der Waals surface area contributed by atoms with Crippen molar-refractivity contribution in [2.45, 2.75) is 6.17 Å². The van der Waals surface area contributed by atoms with Crippen LogP contribution in [0.2, 0.25) is 0 Å². The van der Waals surface area contributed by atoms with Gasteiger partial charge in [-0.15, -0.1) is 0 Å². The molecule has 23 heavy (non-hydrogen) atoms. The Morgan fingerprint density at radius 1 is 1.09 bits per heavy atom. The third-order valence-electron chi connectivity index (χ3n) is 4.12. The second kappa shape index (κ2) is 5.01. The molecule has 1 aromatic heterocycles. The summed E-state index contributed by atoms with van der Waals surface area (Å²) in [5.74, 6) is 1.26.